The Hall–Kier alpha value is -6.45. The van der Waals surface area contributed by atoms with Gasteiger partial charge in [0, 0.05) is 50.3 Å². The molecule has 226 valence electrons. The van der Waals surface area contributed by atoms with Gasteiger partial charge in [-0.15, -0.1) is 0 Å². The van der Waals surface area contributed by atoms with Crippen molar-refractivity contribution in [3.8, 4) is 11.6 Å². The maximum atomic E-state index is 11.0. The number of pyridine rings is 2. The second kappa shape index (κ2) is 23.4. The van der Waals surface area contributed by atoms with Crippen molar-refractivity contribution in [1.29, 1.82) is 0 Å². The highest BCUT2D eigenvalue weighted by Gasteiger charge is 2.00. The van der Waals surface area contributed by atoms with E-state index in [0.717, 1.165) is 22.8 Å². The molecule has 0 unspecified atom stereocenters. The summed E-state index contributed by atoms with van der Waals surface area (Å²) in [5.41, 5.74) is 1.87. The van der Waals surface area contributed by atoms with Gasteiger partial charge in [-0.05, 0) is 35.4 Å². The fraction of sp³-hybridized carbons (Fsp3) is 0.0741. The number of carbonyl (C=O) groups excluding carboxylic acids is 2. The van der Waals surface area contributed by atoms with Crippen LogP contribution in [0.1, 0.15) is 11.1 Å². The minimum absolute atomic E-state index is 0.191. The Morgan fingerprint density at radius 2 is 1.05 bits per heavy atom. The van der Waals surface area contributed by atoms with Crippen molar-refractivity contribution in [1.82, 2.24) is 39.7 Å². The van der Waals surface area contributed by atoms with E-state index in [1.54, 1.807) is 37.4 Å². The van der Waals surface area contributed by atoms with E-state index in [0.29, 0.717) is 13.1 Å². The second-order valence-electron chi connectivity index (χ2n) is 7.15. The Balaban J connectivity index is 0.000000645. The van der Waals surface area contributed by atoms with Crippen molar-refractivity contribution in [2.24, 2.45) is 0 Å². The summed E-state index contributed by atoms with van der Waals surface area (Å²) in [6, 6.07) is 7.56. The van der Waals surface area contributed by atoms with Gasteiger partial charge in [-0.2, -0.15) is 0 Å². The van der Waals surface area contributed by atoms with Crippen molar-refractivity contribution in [3.05, 3.63) is 111 Å². The normalized spacial score (nSPS) is 8.65. The minimum atomic E-state index is -0.250. The molecular formula is C27H30N8O8. The van der Waals surface area contributed by atoms with Crippen LogP contribution in [-0.2, 0) is 37.1 Å². The molecule has 0 atom stereocenters. The molecule has 0 saturated heterocycles. The van der Waals surface area contributed by atoms with Crippen LogP contribution >= 0.6 is 0 Å². The maximum Gasteiger partial charge on any atom is 0.290 e. The van der Waals surface area contributed by atoms with Gasteiger partial charge in [-0.3, -0.25) is 33.1 Å². The smallest absolute Gasteiger partial charge is 0.290 e. The quantitative estimate of drug-likeness (QED) is 0.143. The van der Waals surface area contributed by atoms with Gasteiger partial charge in [0.15, 0.2) is 0 Å². The molecule has 0 aliphatic carbocycles. The minimum Gasteiger partial charge on any atom is -0.483 e. The molecule has 0 spiro atoms. The number of carbonyl (C=O) groups is 5. The molecule has 4 aromatic heterocycles. The lowest BCUT2D eigenvalue weighted by Crippen LogP contribution is -2.20. The summed E-state index contributed by atoms with van der Waals surface area (Å²) in [6.07, 6.45) is 16.3. The molecule has 5 N–H and O–H groups in total. The Kier molecular flexibility index (Phi) is 19.9. The van der Waals surface area contributed by atoms with E-state index < -0.39 is 0 Å². The van der Waals surface area contributed by atoms with E-state index in [4.69, 9.17) is 29.7 Å². The van der Waals surface area contributed by atoms with Crippen molar-refractivity contribution in [2.75, 3.05) is 0 Å². The molecule has 4 aromatic rings. The molecule has 43 heavy (non-hydrogen) atoms. The van der Waals surface area contributed by atoms with Crippen LogP contribution in [0.15, 0.2) is 99.4 Å². The van der Waals surface area contributed by atoms with Gasteiger partial charge in [0.2, 0.25) is 11.8 Å². The first-order chi connectivity index (χ1) is 20.8. The molecule has 4 rings (SSSR count). The number of aromatic nitrogens is 6. The summed E-state index contributed by atoms with van der Waals surface area (Å²) < 4.78 is 3.62. The van der Waals surface area contributed by atoms with E-state index in [9.17, 15) is 9.59 Å². The summed E-state index contributed by atoms with van der Waals surface area (Å²) in [5, 5.41) is 26.0. The monoisotopic (exact) mass is 594 g/mol. The summed E-state index contributed by atoms with van der Waals surface area (Å²) >= 11 is 0. The van der Waals surface area contributed by atoms with Crippen LogP contribution in [-0.4, -0.2) is 75.6 Å². The highest BCUT2D eigenvalue weighted by atomic mass is 16.4. The van der Waals surface area contributed by atoms with E-state index in [-0.39, 0.29) is 31.2 Å². The molecule has 0 bridgehead atoms. The number of nitrogens with one attached hydrogen (secondary N) is 2. The first kappa shape index (κ1) is 36.5. The van der Waals surface area contributed by atoms with Crippen molar-refractivity contribution in [3.63, 3.8) is 0 Å². The fourth-order valence-electron chi connectivity index (χ4n) is 2.66. The summed E-state index contributed by atoms with van der Waals surface area (Å²) in [7, 11) is 0. The number of hydrogen-bond donors (Lipinski definition) is 5. The molecule has 16 heteroatoms. The summed E-state index contributed by atoms with van der Waals surface area (Å²) in [4.78, 5) is 63.5. The first-order valence-corrected chi connectivity index (χ1v) is 11.7. The third-order valence-corrected chi connectivity index (χ3v) is 4.46. The van der Waals surface area contributed by atoms with Crippen LogP contribution in [0.25, 0.3) is 11.6 Å². The van der Waals surface area contributed by atoms with Gasteiger partial charge in [-0.25, -0.2) is 19.9 Å². The Bertz CT molecular complexity index is 1250. The summed E-state index contributed by atoms with van der Waals surface area (Å²) in [6.45, 7) is 6.91. The molecule has 0 aromatic carbocycles. The molecule has 0 radical (unpaired) electrons. The molecule has 0 aliphatic rings. The number of amides is 2. The van der Waals surface area contributed by atoms with Gasteiger partial charge in [0.05, 0.1) is 0 Å². The topological polar surface area (TPSA) is 232 Å². The van der Waals surface area contributed by atoms with Gasteiger partial charge < -0.3 is 26.0 Å². The van der Waals surface area contributed by atoms with Crippen LogP contribution in [0, 0.1) is 0 Å². The molecule has 2 amide bonds. The number of carboxylic acid groups (broad SMARTS) is 3. The lowest BCUT2D eigenvalue weighted by atomic mass is 10.3. The average molecular weight is 595 g/mol. The van der Waals surface area contributed by atoms with E-state index in [1.165, 1.54) is 12.2 Å². The number of nitrogens with zero attached hydrogens (tertiary/aromatic N) is 6. The largest absolute Gasteiger partial charge is 0.483 e. The SMILES string of the molecule is C=CC(=O)NCc1ccc(-n2ccnc2)nc1.C=CC(=O)NCc1ccc(-n2ccnc2)nc1.O=CO.O=CO.O=CO. The Morgan fingerprint density at radius 1 is 0.698 bits per heavy atom. The number of imidazole rings is 2. The molecule has 16 nitrogen and oxygen atoms in total. The first-order valence-electron chi connectivity index (χ1n) is 11.7. The molecule has 0 fully saturated rings. The highest BCUT2D eigenvalue weighted by Crippen LogP contribution is 2.06. The van der Waals surface area contributed by atoms with E-state index >= 15 is 0 Å². The van der Waals surface area contributed by atoms with Crippen LogP contribution in [0.4, 0.5) is 0 Å². The number of hydrogen-bond acceptors (Lipinski definition) is 9. The van der Waals surface area contributed by atoms with Crippen molar-refractivity contribution < 1.29 is 39.3 Å². The van der Waals surface area contributed by atoms with E-state index in [1.807, 2.05) is 45.8 Å². The lowest BCUT2D eigenvalue weighted by Gasteiger charge is -2.04. The van der Waals surface area contributed by atoms with Crippen LogP contribution in [0.2, 0.25) is 0 Å². The zero-order valence-corrected chi connectivity index (χ0v) is 22.7. The molecular weight excluding hydrogens is 564 g/mol. The van der Waals surface area contributed by atoms with Crippen molar-refractivity contribution in [2.45, 2.75) is 13.1 Å². The molecule has 0 aliphatic heterocycles. The van der Waals surface area contributed by atoms with Crippen molar-refractivity contribution >= 4 is 31.2 Å². The predicted molar refractivity (Wildman–Crippen MR) is 153 cm³/mol. The number of rotatable bonds is 8. The Labute approximate surface area is 245 Å². The predicted octanol–water partition coefficient (Wildman–Crippen LogP) is 1.24. The standard InChI is InChI=1S/2C12H12N4O.3CH2O2/c2*1-2-12(17)15-8-10-3-4-11(14-7-10)16-6-5-13-9-16;3*2-1-3/h2*2-7,9H,1,8H2,(H,15,17);3*1H,(H,2,3). The molecule has 0 saturated carbocycles. The highest BCUT2D eigenvalue weighted by molar-refractivity contribution is 5.87. The van der Waals surface area contributed by atoms with Crippen LogP contribution < -0.4 is 10.6 Å². The fourth-order valence-corrected chi connectivity index (χ4v) is 2.66. The maximum absolute atomic E-state index is 11.0. The average Bonchev–Trinajstić information content (AvgIpc) is 3.76. The van der Waals surface area contributed by atoms with Crippen LogP contribution in [0.5, 0.6) is 0 Å². The zero-order chi connectivity index (χ0) is 32.3. The van der Waals surface area contributed by atoms with Crippen LogP contribution in [0.3, 0.4) is 0 Å². The van der Waals surface area contributed by atoms with E-state index in [2.05, 4.69) is 43.7 Å². The van der Waals surface area contributed by atoms with Gasteiger partial charge >= 0.3 is 0 Å². The molecule has 4 heterocycles. The van der Waals surface area contributed by atoms with Gasteiger partial charge in [-0.1, -0.05) is 25.3 Å². The lowest BCUT2D eigenvalue weighted by molar-refractivity contribution is -0.123. The van der Waals surface area contributed by atoms with Gasteiger partial charge in [0.25, 0.3) is 19.4 Å². The Morgan fingerprint density at radius 3 is 1.28 bits per heavy atom. The third-order valence-electron chi connectivity index (χ3n) is 4.46. The van der Waals surface area contributed by atoms with Gasteiger partial charge in [0.1, 0.15) is 24.3 Å². The second-order valence-corrected chi connectivity index (χ2v) is 7.15. The summed E-state index contributed by atoms with van der Waals surface area (Å²) in [5.74, 6) is 1.20. The third kappa shape index (κ3) is 16.3. The zero-order valence-electron chi connectivity index (χ0n) is 22.7.